The van der Waals surface area contributed by atoms with E-state index >= 15 is 0 Å². The van der Waals surface area contributed by atoms with Gasteiger partial charge in [0.1, 0.15) is 6.04 Å². The predicted octanol–water partition coefficient (Wildman–Crippen LogP) is 2.67. The SMILES string of the molecule is NC(=O)C(NC(=O)CC1CCCC1)c1cccc(Br)c1. The molecule has 0 aromatic heterocycles. The van der Waals surface area contributed by atoms with Gasteiger partial charge in [0, 0.05) is 10.9 Å². The summed E-state index contributed by atoms with van der Waals surface area (Å²) >= 11 is 3.35. The van der Waals surface area contributed by atoms with Crippen molar-refractivity contribution in [2.75, 3.05) is 0 Å². The van der Waals surface area contributed by atoms with Crippen LogP contribution in [-0.2, 0) is 9.59 Å². The number of nitrogens with one attached hydrogen (secondary N) is 1. The van der Waals surface area contributed by atoms with Gasteiger partial charge in [-0.1, -0.05) is 40.9 Å². The first-order valence-electron chi connectivity index (χ1n) is 6.90. The lowest BCUT2D eigenvalue weighted by molar-refractivity contribution is -0.128. The molecule has 0 radical (unpaired) electrons. The Morgan fingerprint density at radius 3 is 2.65 bits per heavy atom. The minimum Gasteiger partial charge on any atom is -0.368 e. The van der Waals surface area contributed by atoms with Gasteiger partial charge in [-0.3, -0.25) is 9.59 Å². The fourth-order valence-electron chi connectivity index (χ4n) is 2.70. The number of carbonyl (C=O) groups is 2. The average Bonchev–Trinajstić information content (AvgIpc) is 2.88. The van der Waals surface area contributed by atoms with Gasteiger partial charge in [-0.05, 0) is 36.5 Å². The van der Waals surface area contributed by atoms with Crippen LogP contribution < -0.4 is 11.1 Å². The van der Waals surface area contributed by atoms with E-state index in [1.54, 1.807) is 12.1 Å². The Balaban J connectivity index is 2.02. The molecule has 1 aromatic carbocycles. The molecule has 1 aliphatic carbocycles. The molecule has 0 spiro atoms. The Hall–Kier alpha value is -1.36. The fourth-order valence-corrected chi connectivity index (χ4v) is 3.12. The first-order valence-corrected chi connectivity index (χ1v) is 7.69. The van der Waals surface area contributed by atoms with Gasteiger partial charge in [0.2, 0.25) is 11.8 Å². The highest BCUT2D eigenvalue weighted by Gasteiger charge is 2.23. The number of halogens is 1. The molecule has 108 valence electrons. The van der Waals surface area contributed by atoms with Gasteiger partial charge in [0.05, 0.1) is 0 Å². The van der Waals surface area contributed by atoms with Crippen molar-refractivity contribution in [2.24, 2.45) is 11.7 Å². The van der Waals surface area contributed by atoms with Gasteiger partial charge < -0.3 is 11.1 Å². The summed E-state index contributed by atoms with van der Waals surface area (Å²) in [4.78, 5) is 23.6. The molecule has 3 N–H and O–H groups in total. The van der Waals surface area contributed by atoms with Gasteiger partial charge in [0.15, 0.2) is 0 Å². The molecule has 1 unspecified atom stereocenters. The van der Waals surface area contributed by atoms with Crippen molar-refractivity contribution in [3.05, 3.63) is 34.3 Å². The minimum atomic E-state index is -0.763. The van der Waals surface area contributed by atoms with Crippen LogP contribution >= 0.6 is 15.9 Å². The van der Waals surface area contributed by atoms with E-state index < -0.39 is 11.9 Å². The van der Waals surface area contributed by atoms with Crippen LogP contribution in [0.3, 0.4) is 0 Å². The van der Waals surface area contributed by atoms with Crippen LogP contribution in [0.25, 0.3) is 0 Å². The Morgan fingerprint density at radius 2 is 2.05 bits per heavy atom. The number of rotatable bonds is 5. The summed E-state index contributed by atoms with van der Waals surface area (Å²) < 4.78 is 0.853. The molecule has 2 amide bonds. The molecule has 1 aromatic rings. The van der Waals surface area contributed by atoms with E-state index in [2.05, 4.69) is 21.2 Å². The zero-order chi connectivity index (χ0) is 14.5. The van der Waals surface area contributed by atoms with Gasteiger partial charge in [-0.15, -0.1) is 0 Å². The molecule has 1 fully saturated rings. The molecule has 1 atom stereocenters. The van der Waals surface area contributed by atoms with E-state index in [1.807, 2.05) is 12.1 Å². The van der Waals surface area contributed by atoms with Crippen LogP contribution in [-0.4, -0.2) is 11.8 Å². The van der Waals surface area contributed by atoms with Gasteiger partial charge in [0.25, 0.3) is 0 Å². The van der Waals surface area contributed by atoms with Crippen molar-refractivity contribution in [1.29, 1.82) is 0 Å². The predicted molar refractivity (Wildman–Crippen MR) is 80.8 cm³/mol. The average molecular weight is 339 g/mol. The number of nitrogens with two attached hydrogens (primary N) is 1. The van der Waals surface area contributed by atoms with E-state index in [0.29, 0.717) is 17.9 Å². The highest BCUT2D eigenvalue weighted by atomic mass is 79.9. The quantitative estimate of drug-likeness (QED) is 0.866. The number of benzene rings is 1. The maximum atomic E-state index is 12.0. The maximum Gasteiger partial charge on any atom is 0.244 e. The van der Waals surface area contributed by atoms with Gasteiger partial charge in [-0.2, -0.15) is 0 Å². The van der Waals surface area contributed by atoms with Crippen LogP contribution in [0.5, 0.6) is 0 Å². The first-order chi connectivity index (χ1) is 9.56. The lowest BCUT2D eigenvalue weighted by Crippen LogP contribution is -2.38. The molecule has 0 heterocycles. The van der Waals surface area contributed by atoms with Crippen molar-refractivity contribution in [3.63, 3.8) is 0 Å². The van der Waals surface area contributed by atoms with Crippen LogP contribution in [0, 0.1) is 5.92 Å². The zero-order valence-corrected chi connectivity index (χ0v) is 12.9. The summed E-state index contributed by atoms with van der Waals surface area (Å²) in [5.74, 6) is -0.186. The summed E-state index contributed by atoms with van der Waals surface area (Å²) in [7, 11) is 0. The van der Waals surface area contributed by atoms with Crippen molar-refractivity contribution < 1.29 is 9.59 Å². The van der Waals surface area contributed by atoms with E-state index in [0.717, 1.165) is 17.3 Å². The topological polar surface area (TPSA) is 72.2 Å². The maximum absolute atomic E-state index is 12.0. The van der Waals surface area contributed by atoms with Crippen LogP contribution in [0.15, 0.2) is 28.7 Å². The number of primary amides is 1. The van der Waals surface area contributed by atoms with Crippen molar-refractivity contribution in [1.82, 2.24) is 5.32 Å². The number of hydrogen-bond donors (Lipinski definition) is 2. The minimum absolute atomic E-state index is 0.0966. The highest BCUT2D eigenvalue weighted by molar-refractivity contribution is 9.10. The van der Waals surface area contributed by atoms with Gasteiger partial charge in [-0.25, -0.2) is 0 Å². The summed E-state index contributed by atoms with van der Waals surface area (Å²) in [5.41, 5.74) is 6.11. The molecule has 0 bridgehead atoms. The Labute approximate surface area is 127 Å². The Bertz CT molecular complexity index is 498. The van der Waals surface area contributed by atoms with Crippen molar-refractivity contribution >= 4 is 27.7 Å². The molecule has 0 saturated heterocycles. The third kappa shape index (κ3) is 4.07. The molecule has 0 aliphatic heterocycles. The smallest absolute Gasteiger partial charge is 0.244 e. The molecular weight excluding hydrogens is 320 g/mol. The van der Waals surface area contributed by atoms with Gasteiger partial charge >= 0.3 is 0 Å². The second-order valence-electron chi connectivity index (χ2n) is 5.31. The Kier molecular flexibility index (Phi) is 5.17. The van der Waals surface area contributed by atoms with E-state index in [4.69, 9.17) is 5.73 Å². The summed E-state index contributed by atoms with van der Waals surface area (Å²) in [6, 6.07) is 6.50. The summed E-state index contributed by atoms with van der Waals surface area (Å²) in [6.45, 7) is 0. The molecule has 5 heteroatoms. The number of carbonyl (C=O) groups excluding carboxylic acids is 2. The second-order valence-corrected chi connectivity index (χ2v) is 6.23. The molecular formula is C15H19BrN2O2. The molecule has 20 heavy (non-hydrogen) atoms. The van der Waals surface area contributed by atoms with E-state index in [-0.39, 0.29) is 5.91 Å². The molecule has 1 saturated carbocycles. The number of amides is 2. The summed E-state index contributed by atoms with van der Waals surface area (Å²) in [5, 5.41) is 2.75. The van der Waals surface area contributed by atoms with Crippen LogP contribution in [0.1, 0.15) is 43.7 Å². The third-order valence-electron chi connectivity index (χ3n) is 3.72. The monoisotopic (exact) mass is 338 g/mol. The molecule has 4 nitrogen and oxygen atoms in total. The molecule has 2 rings (SSSR count). The van der Waals surface area contributed by atoms with Crippen molar-refractivity contribution in [3.8, 4) is 0 Å². The van der Waals surface area contributed by atoms with E-state index in [1.165, 1.54) is 12.8 Å². The second kappa shape index (κ2) is 6.88. The van der Waals surface area contributed by atoms with Crippen molar-refractivity contribution in [2.45, 2.75) is 38.1 Å². The Morgan fingerprint density at radius 1 is 1.35 bits per heavy atom. The van der Waals surface area contributed by atoms with E-state index in [9.17, 15) is 9.59 Å². The lowest BCUT2D eigenvalue weighted by atomic mass is 10.0. The van der Waals surface area contributed by atoms with Crippen LogP contribution in [0.2, 0.25) is 0 Å². The lowest BCUT2D eigenvalue weighted by Gasteiger charge is -2.17. The number of hydrogen-bond acceptors (Lipinski definition) is 2. The fraction of sp³-hybridized carbons (Fsp3) is 0.467. The first kappa shape index (κ1) is 15.0. The largest absolute Gasteiger partial charge is 0.368 e. The summed E-state index contributed by atoms with van der Waals surface area (Å²) in [6.07, 6.45) is 5.08. The van der Waals surface area contributed by atoms with Crippen LogP contribution in [0.4, 0.5) is 0 Å². The highest BCUT2D eigenvalue weighted by Crippen LogP contribution is 2.27. The zero-order valence-electron chi connectivity index (χ0n) is 11.3. The standard InChI is InChI=1S/C15H19BrN2O2/c16-12-7-3-6-11(9-12)14(15(17)20)18-13(19)8-10-4-1-2-5-10/h3,6-7,9-10,14H,1-2,4-5,8H2,(H2,17,20)(H,18,19). The molecule has 1 aliphatic rings. The third-order valence-corrected chi connectivity index (χ3v) is 4.21. The normalized spacial score (nSPS) is 16.9.